The molecule has 20 heavy (non-hydrogen) atoms. The Balaban J connectivity index is 2.32. The zero-order valence-corrected chi connectivity index (χ0v) is 11.6. The lowest BCUT2D eigenvalue weighted by Gasteiger charge is -2.28. The summed E-state index contributed by atoms with van der Waals surface area (Å²) in [5.41, 5.74) is 6.12. The molecule has 0 radical (unpaired) electrons. The standard InChI is InChI=1S/C15H18N4O/c1-8(2)11-7-9-5-3-4-6-10(9)13-12(11)14(20)18-15(17-13)19-16/h3-6,8,11H,7,16H2,1-2H3,(H2,17,18,19,20). The average molecular weight is 270 g/mol. The average Bonchev–Trinajstić information content (AvgIpc) is 2.45. The van der Waals surface area contributed by atoms with Gasteiger partial charge in [0.2, 0.25) is 5.95 Å². The molecule has 3 rings (SSSR count). The van der Waals surface area contributed by atoms with E-state index in [2.05, 4.69) is 35.3 Å². The van der Waals surface area contributed by atoms with Crippen molar-refractivity contribution in [3.8, 4) is 11.3 Å². The van der Waals surface area contributed by atoms with E-state index < -0.39 is 0 Å². The third-order valence-corrected chi connectivity index (χ3v) is 3.98. The number of aromatic nitrogens is 2. The van der Waals surface area contributed by atoms with E-state index >= 15 is 0 Å². The largest absolute Gasteiger partial charge is 0.294 e. The molecule has 1 aromatic carbocycles. The second-order valence-electron chi connectivity index (χ2n) is 5.53. The molecular weight excluding hydrogens is 252 g/mol. The van der Waals surface area contributed by atoms with Crippen molar-refractivity contribution >= 4 is 5.95 Å². The second kappa shape index (κ2) is 4.76. The minimum atomic E-state index is -0.101. The zero-order valence-electron chi connectivity index (χ0n) is 11.6. The van der Waals surface area contributed by atoms with Crippen LogP contribution in [0.4, 0.5) is 5.95 Å². The molecule has 1 aliphatic carbocycles. The third-order valence-electron chi connectivity index (χ3n) is 3.98. The summed E-state index contributed by atoms with van der Waals surface area (Å²) in [7, 11) is 0. The van der Waals surface area contributed by atoms with Gasteiger partial charge in [0.05, 0.1) is 5.69 Å². The molecule has 4 N–H and O–H groups in total. The first-order valence-corrected chi connectivity index (χ1v) is 6.81. The number of nitrogens with two attached hydrogens (primary N) is 1. The minimum Gasteiger partial charge on any atom is -0.294 e. The van der Waals surface area contributed by atoms with Crippen LogP contribution in [-0.2, 0) is 6.42 Å². The molecule has 0 saturated heterocycles. The zero-order chi connectivity index (χ0) is 14.3. The number of anilines is 1. The van der Waals surface area contributed by atoms with E-state index in [4.69, 9.17) is 5.84 Å². The maximum Gasteiger partial charge on any atom is 0.256 e. The Hall–Kier alpha value is -2.14. The number of aromatic amines is 1. The van der Waals surface area contributed by atoms with Gasteiger partial charge in [-0.2, -0.15) is 0 Å². The first kappa shape index (κ1) is 12.9. The fourth-order valence-electron chi connectivity index (χ4n) is 2.94. The van der Waals surface area contributed by atoms with Crippen LogP contribution in [0.3, 0.4) is 0 Å². The van der Waals surface area contributed by atoms with Crippen molar-refractivity contribution in [1.29, 1.82) is 0 Å². The molecule has 1 atom stereocenters. The third kappa shape index (κ3) is 1.91. The van der Waals surface area contributed by atoms with Crippen LogP contribution in [-0.4, -0.2) is 9.97 Å². The van der Waals surface area contributed by atoms with Crippen molar-refractivity contribution in [3.05, 3.63) is 45.7 Å². The van der Waals surface area contributed by atoms with Gasteiger partial charge in [-0.1, -0.05) is 38.1 Å². The summed E-state index contributed by atoms with van der Waals surface area (Å²) in [6, 6.07) is 8.11. The van der Waals surface area contributed by atoms with Crippen LogP contribution in [0.25, 0.3) is 11.3 Å². The number of rotatable bonds is 2. The quantitative estimate of drug-likeness (QED) is 0.576. The monoisotopic (exact) mass is 270 g/mol. The Bertz CT molecular complexity index is 705. The maximum absolute atomic E-state index is 12.4. The molecule has 1 unspecified atom stereocenters. The molecule has 5 heteroatoms. The van der Waals surface area contributed by atoms with E-state index in [1.807, 2.05) is 18.2 Å². The van der Waals surface area contributed by atoms with Crippen molar-refractivity contribution in [2.45, 2.75) is 26.2 Å². The fraction of sp³-hybridized carbons (Fsp3) is 0.333. The Morgan fingerprint density at radius 3 is 2.85 bits per heavy atom. The highest BCUT2D eigenvalue weighted by molar-refractivity contribution is 5.71. The van der Waals surface area contributed by atoms with Gasteiger partial charge in [0.15, 0.2) is 0 Å². The van der Waals surface area contributed by atoms with E-state index in [1.54, 1.807) is 0 Å². The van der Waals surface area contributed by atoms with Crippen LogP contribution < -0.4 is 16.8 Å². The van der Waals surface area contributed by atoms with Gasteiger partial charge in [-0.05, 0) is 23.8 Å². The number of hydrazine groups is 1. The SMILES string of the molecule is CC(C)C1Cc2ccccc2-c2nc(NN)[nH]c(=O)c21. The Morgan fingerprint density at radius 1 is 1.40 bits per heavy atom. The summed E-state index contributed by atoms with van der Waals surface area (Å²) < 4.78 is 0. The smallest absolute Gasteiger partial charge is 0.256 e. The number of nitrogen functional groups attached to an aromatic ring is 1. The molecule has 0 aliphatic heterocycles. The summed E-state index contributed by atoms with van der Waals surface area (Å²) >= 11 is 0. The van der Waals surface area contributed by atoms with Crippen LogP contribution in [0.5, 0.6) is 0 Å². The summed E-state index contributed by atoms with van der Waals surface area (Å²) in [6.07, 6.45) is 0.876. The van der Waals surface area contributed by atoms with Crippen molar-refractivity contribution in [2.24, 2.45) is 11.8 Å². The van der Waals surface area contributed by atoms with Crippen LogP contribution in [0.15, 0.2) is 29.1 Å². The van der Waals surface area contributed by atoms with Crippen LogP contribution in [0.2, 0.25) is 0 Å². The minimum absolute atomic E-state index is 0.101. The number of nitrogens with one attached hydrogen (secondary N) is 2. The fourth-order valence-corrected chi connectivity index (χ4v) is 2.94. The molecule has 104 valence electrons. The molecule has 1 aliphatic rings. The molecule has 0 amide bonds. The summed E-state index contributed by atoms with van der Waals surface area (Å²) in [5.74, 6) is 6.24. The summed E-state index contributed by atoms with van der Waals surface area (Å²) in [5, 5.41) is 0. The molecule has 1 aromatic heterocycles. The van der Waals surface area contributed by atoms with Crippen LogP contribution in [0, 0.1) is 5.92 Å². The van der Waals surface area contributed by atoms with Crippen molar-refractivity contribution in [1.82, 2.24) is 9.97 Å². The van der Waals surface area contributed by atoms with Crippen molar-refractivity contribution in [2.75, 3.05) is 5.43 Å². The topological polar surface area (TPSA) is 83.8 Å². The highest BCUT2D eigenvalue weighted by Crippen LogP contribution is 2.39. The second-order valence-corrected chi connectivity index (χ2v) is 5.53. The van der Waals surface area contributed by atoms with E-state index in [0.29, 0.717) is 11.9 Å². The first-order valence-electron chi connectivity index (χ1n) is 6.81. The molecule has 2 aromatic rings. The van der Waals surface area contributed by atoms with Gasteiger partial charge in [0.1, 0.15) is 0 Å². The van der Waals surface area contributed by atoms with Crippen molar-refractivity contribution in [3.63, 3.8) is 0 Å². The highest BCUT2D eigenvalue weighted by atomic mass is 16.1. The molecular formula is C15H18N4O. The van der Waals surface area contributed by atoms with Gasteiger partial charge in [-0.3, -0.25) is 15.2 Å². The van der Waals surface area contributed by atoms with E-state index in [1.165, 1.54) is 5.56 Å². The number of hydrogen-bond donors (Lipinski definition) is 3. The Kier molecular flexibility index (Phi) is 3.06. The molecule has 0 saturated carbocycles. The molecule has 5 nitrogen and oxygen atoms in total. The van der Waals surface area contributed by atoms with Gasteiger partial charge >= 0.3 is 0 Å². The predicted octanol–water partition coefficient (Wildman–Crippen LogP) is 2.02. The summed E-state index contributed by atoms with van der Waals surface area (Å²) in [4.78, 5) is 19.6. The number of hydrogen-bond acceptors (Lipinski definition) is 4. The number of fused-ring (bicyclic) bond motifs is 3. The molecule has 0 fully saturated rings. The van der Waals surface area contributed by atoms with Crippen LogP contribution >= 0.6 is 0 Å². The molecule has 1 heterocycles. The van der Waals surface area contributed by atoms with E-state index in [-0.39, 0.29) is 11.5 Å². The maximum atomic E-state index is 12.4. The molecule has 0 bridgehead atoms. The van der Waals surface area contributed by atoms with Crippen molar-refractivity contribution < 1.29 is 0 Å². The Morgan fingerprint density at radius 2 is 2.15 bits per heavy atom. The Labute approximate surface area is 117 Å². The molecule has 0 spiro atoms. The number of benzene rings is 1. The van der Waals surface area contributed by atoms with E-state index in [0.717, 1.165) is 23.2 Å². The van der Waals surface area contributed by atoms with Gasteiger partial charge in [-0.15, -0.1) is 0 Å². The van der Waals surface area contributed by atoms with E-state index in [9.17, 15) is 4.79 Å². The van der Waals surface area contributed by atoms with Gasteiger partial charge in [0, 0.05) is 11.1 Å². The lowest BCUT2D eigenvalue weighted by Crippen LogP contribution is -2.28. The number of H-pyrrole nitrogens is 1. The normalized spacial score (nSPS) is 16.7. The summed E-state index contributed by atoms with van der Waals surface area (Å²) in [6.45, 7) is 4.27. The predicted molar refractivity (Wildman–Crippen MR) is 79.4 cm³/mol. The van der Waals surface area contributed by atoms with Gasteiger partial charge < -0.3 is 0 Å². The van der Waals surface area contributed by atoms with Crippen LogP contribution in [0.1, 0.15) is 30.9 Å². The number of nitrogens with zero attached hydrogens (tertiary/aromatic N) is 1. The first-order chi connectivity index (χ1) is 9.61. The highest BCUT2D eigenvalue weighted by Gasteiger charge is 2.30. The lowest BCUT2D eigenvalue weighted by atomic mass is 9.76. The lowest BCUT2D eigenvalue weighted by molar-refractivity contribution is 0.486. The van der Waals surface area contributed by atoms with Gasteiger partial charge in [0.25, 0.3) is 5.56 Å². The van der Waals surface area contributed by atoms with Gasteiger partial charge in [-0.25, -0.2) is 10.8 Å².